The zero-order valence-electron chi connectivity index (χ0n) is 8.19. The van der Waals surface area contributed by atoms with E-state index in [1.807, 2.05) is 26.0 Å². The summed E-state index contributed by atoms with van der Waals surface area (Å²) in [6.07, 6.45) is 0.673. The smallest absolute Gasteiger partial charge is 0.270 e. The number of nitrogens with zero attached hydrogens (tertiary/aromatic N) is 3. The van der Waals surface area contributed by atoms with E-state index < -0.39 is 0 Å². The van der Waals surface area contributed by atoms with Crippen molar-refractivity contribution in [3.05, 3.63) is 34.8 Å². The van der Waals surface area contributed by atoms with E-state index in [1.54, 1.807) is 6.07 Å². The van der Waals surface area contributed by atoms with E-state index in [0.29, 0.717) is 28.1 Å². The van der Waals surface area contributed by atoms with Crippen molar-refractivity contribution in [3.8, 4) is 0 Å². The van der Waals surface area contributed by atoms with Crippen LogP contribution in [-0.4, -0.2) is 10.1 Å². The van der Waals surface area contributed by atoms with Gasteiger partial charge in [-0.05, 0) is 23.4 Å². The Morgan fingerprint density at radius 2 is 2.21 bits per heavy atom. The summed E-state index contributed by atoms with van der Waals surface area (Å²) < 4.78 is 0. The molecule has 1 heterocycles. The average molecular weight is 189 g/mol. The van der Waals surface area contributed by atoms with Crippen LogP contribution in [0.4, 0.5) is 0 Å². The fourth-order valence-corrected chi connectivity index (χ4v) is 1.35. The number of aryl methyl sites for hydroxylation is 2. The number of aromatic nitrogens is 3. The van der Waals surface area contributed by atoms with Crippen molar-refractivity contribution < 1.29 is 4.85 Å². The molecular weight excluding hydrogens is 178 g/mol. The van der Waals surface area contributed by atoms with Crippen LogP contribution < -0.4 is 4.85 Å². The minimum absolute atomic E-state index is 0.530. The first-order valence-corrected chi connectivity index (χ1v) is 4.58. The summed E-state index contributed by atoms with van der Waals surface area (Å²) in [7, 11) is 0. The predicted molar refractivity (Wildman–Crippen MR) is 52.6 cm³/mol. The fourth-order valence-electron chi connectivity index (χ4n) is 1.35. The Balaban J connectivity index is 2.76. The molecule has 0 bridgehead atoms. The highest BCUT2D eigenvalue weighted by Gasteiger charge is 2.08. The molecule has 0 N–H and O–H groups in total. The maximum Gasteiger partial charge on any atom is 0.270 e. The Morgan fingerprint density at radius 3 is 2.93 bits per heavy atom. The van der Waals surface area contributed by atoms with Crippen molar-refractivity contribution >= 4 is 11.0 Å². The lowest BCUT2D eigenvalue weighted by atomic mass is 10.2. The summed E-state index contributed by atoms with van der Waals surface area (Å²) >= 11 is 0. The fraction of sp³-hybridized carbons (Fsp3) is 0.300. The van der Waals surface area contributed by atoms with Gasteiger partial charge >= 0.3 is 0 Å². The van der Waals surface area contributed by atoms with Crippen molar-refractivity contribution in [2.45, 2.75) is 20.3 Å². The van der Waals surface area contributed by atoms with Gasteiger partial charge in [0.15, 0.2) is 5.82 Å². The van der Waals surface area contributed by atoms with Crippen molar-refractivity contribution in [3.63, 3.8) is 0 Å². The topological polar surface area (TPSA) is 52.7 Å². The number of benzene rings is 1. The summed E-state index contributed by atoms with van der Waals surface area (Å²) in [6, 6.07) is 5.58. The van der Waals surface area contributed by atoms with Crippen LogP contribution in [0.1, 0.15) is 18.3 Å². The Hall–Kier alpha value is -1.71. The summed E-state index contributed by atoms with van der Waals surface area (Å²) in [5.41, 5.74) is 2.27. The van der Waals surface area contributed by atoms with Crippen molar-refractivity contribution in [2.24, 2.45) is 0 Å². The Labute approximate surface area is 81.8 Å². The van der Waals surface area contributed by atoms with Crippen molar-refractivity contribution in [2.75, 3.05) is 0 Å². The third-order valence-electron chi connectivity index (χ3n) is 2.11. The van der Waals surface area contributed by atoms with Crippen LogP contribution >= 0.6 is 0 Å². The van der Waals surface area contributed by atoms with Crippen LogP contribution in [0.5, 0.6) is 0 Å². The molecule has 14 heavy (non-hydrogen) atoms. The van der Waals surface area contributed by atoms with Gasteiger partial charge in [-0.15, -0.1) is 0 Å². The molecule has 0 saturated heterocycles. The van der Waals surface area contributed by atoms with Gasteiger partial charge in [0, 0.05) is 17.6 Å². The molecule has 2 aromatic rings. The normalized spacial score (nSPS) is 10.7. The van der Waals surface area contributed by atoms with Gasteiger partial charge in [-0.25, -0.2) is 4.98 Å². The average Bonchev–Trinajstić information content (AvgIpc) is 2.19. The zero-order chi connectivity index (χ0) is 10.1. The lowest BCUT2D eigenvalue weighted by Gasteiger charge is -2.01. The van der Waals surface area contributed by atoms with E-state index in [0.717, 1.165) is 5.56 Å². The third kappa shape index (κ3) is 1.39. The van der Waals surface area contributed by atoms with Crippen LogP contribution in [-0.2, 0) is 6.42 Å². The van der Waals surface area contributed by atoms with E-state index in [1.165, 1.54) is 0 Å². The lowest BCUT2D eigenvalue weighted by molar-refractivity contribution is -0.644. The minimum atomic E-state index is 0.530. The standard InChI is InChI=1S/C10H11N3O/c1-3-10-11-8-5-4-7(2)6-9(8)13(14)12-10/h4-6H,3H2,1-2H3. The van der Waals surface area contributed by atoms with E-state index in [9.17, 15) is 5.21 Å². The molecule has 0 aliphatic heterocycles. The molecule has 0 amide bonds. The van der Waals surface area contributed by atoms with Crippen LogP contribution in [0.15, 0.2) is 18.2 Å². The highest BCUT2D eigenvalue weighted by molar-refractivity contribution is 5.71. The molecule has 0 atom stereocenters. The molecule has 1 aromatic carbocycles. The summed E-state index contributed by atoms with van der Waals surface area (Å²) in [6.45, 7) is 3.86. The van der Waals surface area contributed by atoms with Crippen molar-refractivity contribution in [1.29, 1.82) is 0 Å². The van der Waals surface area contributed by atoms with Gasteiger partial charge in [-0.2, -0.15) is 0 Å². The zero-order valence-corrected chi connectivity index (χ0v) is 8.19. The number of fused-ring (bicyclic) bond motifs is 1. The molecule has 0 unspecified atom stereocenters. The SMILES string of the molecule is CCc1nc2ccc(C)cc2[n+]([O-])n1. The highest BCUT2D eigenvalue weighted by atomic mass is 16.5. The predicted octanol–water partition coefficient (Wildman–Crippen LogP) is 1.13. The molecule has 0 aliphatic carbocycles. The first kappa shape index (κ1) is 8.87. The Morgan fingerprint density at radius 1 is 1.43 bits per heavy atom. The second kappa shape index (κ2) is 3.21. The molecule has 0 saturated carbocycles. The Bertz CT molecular complexity index is 482. The maximum absolute atomic E-state index is 11.5. The van der Waals surface area contributed by atoms with Crippen LogP contribution in [0.2, 0.25) is 0 Å². The van der Waals surface area contributed by atoms with Gasteiger partial charge in [0.25, 0.3) is 5.52 Å². The summed E-state index contributed by atoms with van der Waals surface area (Å²) in [4.78, 5) is 4.91. The molecule has 72 valence electrons. The lowest BCUT2D eigenvalue weighted by Crippen LogP contribution is -2.33. The molecule has 1 aromatic heterocycles. The van der Waals surface area contributed by atoms with Gasteiger partial charge in [-0.1, -0.05) is 13.0 Å². The number of hydrogen-bond acceptors (Lipinski definition) is 3. The van der Waals surface area contributed by atoms with Gasteiger partial charge in [0.1, 0.15) is 5.52 Å². The monoisotopic (exact) mass is 189 g/mol. The number of rotatable bonds is 1. The van der Waals surface area contributed by atoms with Gasteiger partial charge in [0.2, 0.25) is 0 Å². The quantitative estimate of drug-likeness (QED) is 0.499. The summed E-state index contributed by atoms with van der Waals surface area (Å²) in [5.74, 6) is 0.580. The van der Waals surface area contributed by atoms with Crippen molar-refractivity contribution in [1.82, 2.24) is 10.1 Å². The molecule has 0 radical (unpaired) electrons. The number of hydrogen-bond donors (Lipinski definition) is 0. The molecule has 2 rings (SSSR count). The third-order valence-corrected chi connectivity index (χ3v) is 2.11. The van der Waals surface area contributed by atoms with Gasteiger partial charge < -0.3 is 5.21 Å². The molecular formula is C10H11N3O. The van der Waals surface area contributed by atoms with E-state index in [4.69, 9.17) is 0 Å². The molecule has 4 nitrogen and oxygen atoms in total. The minimum Gasteiger partial charge on any atom is -0.594 e. The molecule has 4 heteroatoms. The maximum atomic E-state index is 11.5. The Kier molecular flexibility index (Phi) is 2.04. The molecule has 0 aliphatic rings. The van der Waals surface area contributed by atoms with E-state index >= 15 is 0 Å². The second-order valence-electron chi connectivity index (χ2n) is 3.25. The van der Waals surface area contributed by atoms with Crippen LogP contribution in [0.3, 0.4) is 0 Å². The molecule has 0 fully saturated rings. The van der Waals surface area contributed by atoms with E-state index in [2.05, 4.69) is 10.1 Å². The van der Waals surface area contributed by atoms with Crippen LogP contribution in [0.25, 0.3) is 11.0 Å². The van der Waals surface area contributed by atoms with E-state index in [-0.39, 0.29) is 0 Å². The van der Waals surface area contributed by atoms with Crippen LogP contribution in [0, 0.1) is 12.1 Å². The molecule has 0 spiro atoms. The second-order valence-corrected chi connectivity index (χ2v) is 3.25. The largest absolute Gasteiger partial charge is 0.594 e. The van der Waals surface area contributed by atoms with Gasteiger partial charge in [0.05, 0.1) is 0 Å². The first-order chi connectivity index (χ1) is 6.70. The van der Waals surface area contributed by atoms with Gasteiger partial charge in [-0.3, -0.25) is 0 Å². The first-order valence-electron chi connectivity index (χ1n) is 4.58. The highest BCUT2D eigenvalue weighted by Crippen LogP contribution is 2.08. The summed E-state index contributed by atoms with van der Waals surface area (Å²) in [5, 5.41) is 15.3.